The van der Waals surface area contributed by atoms with Gasteiger partial charge in [0, 0.05) is 51.6 Å². The second-order valence-electron chi connectivity index (χ2n) is 16.1. The highest BCUT2D eigenvalue weighted by atomic mass is 35.5. The van der Waals surface area contributed by atoms with Crippen molar-refractivity contribution in [1.29, 1.82) is 0 Å². The van der Waals surface area contributed by atoms with E-state index in [2.05, 4.69) is 37.6 Å². The lowest BCUT2D eigenvalue weighted by atomic mass is 10.0. The van der Waals surface area contributed by atoms with Gasteiger partial charge in [0.2, 0.25) is 5.91 Å². The third-order valence-corrected chi connectivity index (χ3v) is 14.1. The number of phenolic OH excluding ortho intramolecular Hbond substituents is 1. The van der Waals surface area contributed by atoms with Crippen molar-refractivity contribution in [3.63, 3.8) is 0 Å². The summed E-state index contributed by atoms with van der Waals surface area (Å²) in [6.45, 7) is 4.04. The number of nitrogens with one attached hydrogen (secondary N) is 3. The number of aryl methyl sites for hydroxylation is 1. The Balaban J connectivity index is 1.05. The van der Waals surface area contributed by atoms with Gasteiger partial charge in [-0.1, -0.05) is 112 Å². The molecular formula is C49H51Cl3N8O4S2. The van der Waals surface area contributed by atoms with Crippen molar-refractivity contribution < 1.29 is 19.5 Å². The molecule has 0 spiro atoms. The van der Waals surface area contributed by atoms with Crippen LogP contribution in [0.15, 0.2) is 94.1 Å². The molecule has 0 saturated carbocycles. The van der Waals surface area contributed by atoms with Crippen molar-refractivity contribution >= 4 is 137 Å². The SMILES string of the molecule is CCCCCCCCCCCCC(=O)c1ccc(Cl)c(N=C2NN(c3cc(Cl)ccc3Cl)C(=O)C2SCC(=O)Nc2ccc3nsc(N=Nc4cc(C)c(O)c5cccc(NC)c45)c3c2)c1. The van der Waals surface area contributed by atoms with Gasteiger partial charge >= 0.3 is 0 Å². The fraction of sp³-hybridized carbons (Fsp3) is 0.327. The highest BCUT2D eigenvalue weighted by Gasteiger charge is 2.40. The van der Waals surface area contributed by atoms with Crippen LogP contribution in [0.3, 0.4) is 0 Å². The van der Waals surface area contributed by atoms with E-state index in [0.29, 0.717) is 71.6 Å². The number of aromatic hydroxyl groups is 1. The Labute approximate surface area is 407 Å². The number of nitrogens with zero attached hydrogens (tertiary/aromatic N) is 5. The van der Waals surface area contributed by atoms with Crippen LogP contribution in [0.4, 0.5) is 33.4 Å². The minimum atomic E-state index is -0.980. The minimum Gasteiger partial charge on any atom is -0.507 e. The molecule has 344 valence electrons. The van der Waals surface area contributed by atoms with Crippen molar-refractivity contribution in [2.75, 3.05) is 28.4 Å². The van der Waals surface area contributed by atoms with Crippen LogP contribution in [0.5, 0.6) is 5.75 Å². The van der Waals surface area contributed by atoms with Gasteiger partial charge in [0.05, 0.1) is 38.4 Å². The van der Waals surface area contributed by atoms with E-state index in [1.165, 1.54) is 61.5 Å². The molecule has 1 atom stereocenters. The lowest BCUT2D eigenvalue weighted by Gasteiger charge is -2.17. The molecule has 4 N–H and O–H groups in total. The van der Waals surface area contributed by atoms with Crippen molar-refractivity contribution in [3.05, 3.63) is 105 Å². The molecule has 1 fully saturated rings. The Bertz CT molecular complexity index is 2820. The lowest BCUT2D eigenvalue weighted by Crippen LogP contribution is -2.36. The Morgan fingerprint density at radius 2 is 1.61 bits per heavy atom. The first-order chi connectivity index (χ1) is 31.9. The standard InChI is InChI=1S/C49H51Cl3N8O4S2/c1-4-5-6-7-8-9-10-11-12-13-17-42(61)30-18-21-35(51)39(25-30)55-47-46(49(64)60(58-47)41-26-31(50)19-22-36(41)52)65-28-43(62)54-32-20-23-37-34(27-32)48(66-59-37)57-56-40-24-29(2)45(63)33-15-14-16-38(53-3)44(33)40/h14-16,18-27,46,53,63H,4-13,17,28H2,1-3H3,(H,54,62)(H,55,58). The molecule has 1 aliphatic heterocycles. The number of amides is 2. The number of Topliss-reactive ketones (excluding diaryl/α,β-unsaturated/α-hetero) is 1. The summed E-state index contributed by atoms with van der Waals surface area (Å²) >= 11 is 21.8. The van der Waals surface area contributed by atoms with Crippen LogP contribution >= 0.6 is 58.1 Å². The summed E-state index contributed by atoms with van der Waals surface area (Å²) in [5.74, 6) is -0.560. The molecule has 0 radical (unpaired) electrons. The quantitative estimate of drug-likeness (QED) is 0.0315. The highest BCUT2D eigenvalue weighted by Crippen LogP contribution is 2.42. The van der Waals surface area contributed by atoms with E-state index in [0.717, 1.165) is 42.1 Å². The second-order valence-corrected chi connectivity index (χ2v) is 19.2. The predicted octanol–water partition coefficient (Wildman–Crippen LogP) is 14.7. The Morgan fingerprint density at radius 1 is 0.864 bits per heavy atom. The summed E-state index contributed by atoms with van der Waals surface area (Å²) in [6, 6.07) is 22.4. The number of aliphatic imine (C=N–C) groups is 1. The molecule has 1 aliphatic rings. The van der Waals surface area contributed by atoms with Crippen LogP contribution < -0.4 is 21.1 Å². The van der Waals surface area contributed by atoms with E-state index in [4.69, 9.17) is 39.8 Å². The second kappa shape index (κ2) is 23.0. The first kappa shape index (κ1) is 48.7. The Morgan fingerprint density at radius 3 is 2.36 bits per heavy atom. The van der Waals surface area contributed by atoms with Crippen LogP contribution in [-0.2, 0) is 9.59 Å². The number of hydrogen-bond donors (Lipinski definition) is 4. The van der Waals surface area contributed by atoms with E-state index < -0.39 is 11.2 Å². The number of aromatic nitrogens is 1. The van der Waals surface area contributed by atoms with Crippen LogP contribution in [0.1, 0.15) is 93.5 Å². The average molecular weight is 986 g/mol. The summed E-state index contributed by atoms with van der Waals surface area (Å²) in [4.78, 5) is 45.8. The van der Waals surface area contributed by atoms with E-state index in [1.54, 1.807) is 67.7 Å². The van der Waals surface area contributed by atoms with Gasteiger partial charge in [0.25, 0.3) is 5.91 Å². The predicted molar refractivity (Wildman–Crippen MR) is 275 cm³/mol. The highest BCUT2D eigenvalue weighted by molar-refractivity contribution is 8.02. The van der Waals surface area contributed by atoms with Gasteiger partial charge in [-0.05, 0) is 97.2 Å². The fourth-order valence-electron chi connectivity index (χ4n) is 7.76. The third-order valence-electron chi connectivity index (χ3n) is 11.3. The zero-order valence-electron chi connectivity index (χ0n) is 36.9. The fourth-order valence-corrected chi connectivity index (χ4v) is 9.87. The number of halogens is 3. The number of fused-ring (bicyclic) bond motifs is 2. The number of amidine groups is 1. The number of hydrazine groups is 1. The number of carbonyl (C=O) groups excluding carboxylic acids is 3. The summed E-state index contributed by atoms with van der Waals surface area (Å²) in [7, 11) is 1.80. The zero-order valence-corrected chi connectivity index (χ0v) is 40.8. The van der Waals surface area contributed by atoms with Crippen molar-refractivity contribution in [3.8, 4) is 5.75 Å². The largest absolute Gasteiger partial charge is 0.507 e. The number of ketones is 1. The maximum atomic E-state index is 14.1. The van der Waals surface area contributed by atoms with Gasteiger partial charge in [-0.15, -0.1) is 22.0 Å². The number of carbonyl (C=O) groups is 3. The number of phenols is 1. The molecule has 7 rings (SSSR count). The number of anilines is 3. The van der Waals surface area contributed by atoms with Gasteiger partial charge in [-0.2, -0.15) is 4.37 Å². The van der Waals surface area contributed by atoms with Gasteiger partial charge in [-0.25, -0.2) is 10.0 Å². The molecule has 12 nitrogen and oxygen atoms in total. The molecule has 1 unspecified atom stereocenters. The number of rotatable bonds is 21. The van der Waals surface area contributed by atoms with Crippen molar-refractivity contribution in [2.45, 2.75) is 89.7 Å². The number of thioether (sulfide) groups is 1. The molecule has 2 heterocycles. The molecule has 0 aliphatic carbocycles. The molecule has 17 heteroatoms. The van der Waals surface area contributed by atoms with E-state index in [1.807, 2.05) is 25.1 Å². The summed E-state index contributed by atoms with van der Waals surface area (Å²) in [5.41, 5.74) is 7.36. The molecular weight excluding hydrogens is 935 g/mol. The minimum absolute atomic E-state index is 0.00570. The molecule has 1 saturated heterocycles. The maximum absolute atomic E-state index is 14.1. The topological polar surface area (TPSA) is 161 Å². The van der Waals surface area contributed by atoms with Crippen LogP contribution in [0, 0.1) is 6.92 Å². The normalized spacial score (nSPS) is 14.5. The monoisotopic (exact) mass is 984 g/mol. The van der Waals surface area contributed by atoms with Crippen molar-refractivity contribution in [1.82, 2.24) is 9.80 Å². The number of hydrogen-bond acceptors (Lipinski definition) is 11. The molecule has 0 bridgehead atoms. The molecule has 1 aromatic heterocycles. The Hall–Kier alpha value is -5.25. The number of benzene rings is 5. The van der Waals surface area contributed by atoms with E-state index in [9.17, 15) is 19.5 Å². The van der Waals surface area contributed by atoms with Crippen LogP contribution in [-0.4, -0.2) is 51.0 Å². The zero-order chi connectivity index (χ0) is 46.7. The summed E-state index contributed by atoms with van der Waals surface area (Å²) in [5, 5.41) is 29.8. The van der Waals surface area contributed by atoms with Gasteiger partial charge in [-0.3, -0.25) is 19.8 Å². The summed E-state index contributed by atoms with van der Waals surface area (Å²) in [6.07, 6.45) is 12.2. The van der Waals surface area contributed by atoms with Gasteiger partial charge < -0.3 is 15.7 Å². The van der Waals surface area contributed by atoms with Crippen molar-refractivity contribution in [2.24, 2.45) is 15.2 Å². The first-order valence-corrected chi connectivity index (χ1v) is 25.0. The number of unbranched alkanes of at least 4 members (excludes halogenated alkanes) is 9. The smallest absolute Gasteiger partial charge is 0.266 e. The molecule has 6 aromatic rings. The van der Waals surface area contributed by atoms with Crippen LogP contribution in [0.25, 0.3) is 21.7 Å². The molecule has 66 heavy (non-hydrogen) atoms. The third kappa shape index (κ3) is 11.8. The lowest BCUT2D eigenvalue weighted by molar-refractivity contribution is -0.116. The maximum Gasteiger partial charge on any atom is 0.266 e. The number of azo groups is 1. The average Bonchev–Trinajstić information content (AvgIpc) is 3.86. The molecule has 2 amide bonds. The first-order valence-electron chi connectivity index (χ1n) is 22.1. The Kier molecular flexibility index (Phi) is 16.9. The van der Waals surface area contributed by atoms with Gasteiger partial charge in [0.1, 0.15) is 16.8 Å². The van der Waals surface area contributed by atoms with E-state index in [-0.39, 0.29) is 34.1 Å². The van der Waals surface area contributed by atoms with E-state index >= 15 is 0 Å². The van der Waals surface area contributed by atoms with Gasteiger partial charge in [0.15, 0.2) is 10.8 Å². The molecule has 5 aromatic carbocycles. The van der Waals surface area contributed by atoms with Crippen LogP contribution in [0.2, 0.25) is 15.1 Å². The summed E-state index contributed by atoms with van der Waals surface area (Å²) < 4.78 is 4.53.